The van der Waals surface area contributed by atoms with E-state index in [1.807, 2.05) is 13.2 Å². The Morgan fingerprint density at radius 3 is 2.78 bits per heavy atom. The van der Waals surface area contributed by atoms with E-state index < -0.39 is 0 Å². The molecule has 0 fully saturated rings. The van der Waals surface area contributed by atoms with Crippen molar-refractivity contribution in [2.45, 2.75) is 12.8 Å². The lowest BCUT2D eigenvalue weighted by molar-refractivity contribution is 0.581. The van der Waals surface area contributed by atoms with E-state index in [1.165, 1.54) is 5.56 Å². The topological polar surface area (TPSA) is 30.7 Å². The summed E-state index contributed by atoms with van der Waals surface area (Å²) in [6.07, 6.45) is 3.98. The van der Waals surface area contributed by atoms with Crippen LogP contribution in [0, 0.1) is 5.92 Å². The number of nitrogens with zero attached hydrogens (tertiary/aromatic N) is 3. The molecule has 2 rings (SSSR count). The number of alkyl halides is 1. The second-order valence-electron chi connectivity index (χ2n) is 4.44. The second-order valence-corrected chi connectivity index (χ2v) is 6.01. The summed E-state index contributed by atoms with van der Waals surface area (Å²) in [6, 6.07) is 8.46. The van der Waals surface area contributed by atoms with Gasteiger partial charge in [-0.05, 0) is 36.5 Å². The highest BCUT2D eigenvalue weighted by Gasteiger charge is 2.11. The third kappa shape index (κ3) is 3.92. The van der Waals surface area contributed by atoms with Crippen LogP contribution >= 0.6 is 31.9 Å². The van der Waals surface area contributed by atoms with Crippen LogP contribution in [0.25, 0.3) is 0 Å². The summed E-state index contributed by atoms with van der Waals surface area (Å²) in [5.41, 5.74) is 2.40. The molecule has 0 aliphatic rings. The minimum Gasteiger partial charge on any atom is -0.255 e. The molecule has 0 amide bonds. The number of aryl methyl sites for hydroxylation is 1. The van der Waals surface area contributed by atoms with Gasteiger partial charge in [0.2, 0.25) is 0 Å². The van der Waals surface area contributed by atoms with Gasteiger partial charge in [0.25, 0.3) is 0 Å². The summed E-state index contributed by atoms with van der Waals surface area (Å²) in [7, 11) is 1.90. The van der Waals surface area contributed by atoms with Crippen molar-refractivity contribution in [1.82, 2.24) is 15.0 Å². The molecule has 1 aromatic heterocycles. The van der Waals surface area contributed by atoms with Gasteiger partial charge in [-0.3, -0.25) is 4.68 Å². The number of rotatable bonds is 5. The Labute approximate surface area is 124 Å². The molecule has 1 heterocycles. The molecule has 0 radical (unpaired) electrons. The van der Waals surface area contributed by atoms with Crippen LogP contribution in [-0.2, 0) is 19.9 Å². The van der Waals surface area contributed by atoms with Crippen molar-refractivity contribution in [3.8, 4) is 0 Å². The first kappa shape index (κ1) is 13.7. The molecule has 0 N–H and O–H groups in total. The van der Waals surface area contributed by atoms with Crippen molar-refractivity contribution in [2.75, 3.05) is 5.33 Å². The van der Waals surface area contributed by atoms with E-state index in [4.69, 9.17) is 0 Å². The SMILES string of the molecule is Cn1cc(CC(CBr)Cc2cccc(Br)c2)nn1. The zero-order valence-corrected chi connectivity index (χ0v) is 13.4. The lowest BCUT2D eigenvalue weighted by Crippen LogP contribution is -2.10. The fourth-order valence-corrected chi connectivity index (χ4v) is 2.87. The van der Waals surface area contributed by atoms with Crippen molar-refractivity contribution in [3.05, 3.63) is 46.2 Å². The van der Waals surface area contributed by atoms with E-state index in [0.29, 0.717) is 5.92 Å². The van der Waals surface area contributed by atoms with Crippen LogP contribution < -0.4 is 0 Å². The molecular weight excluding hydrogens is 358 g/mol. The predicted octanol–water partition coefficient (Wildman–Crippen LogP) is 3.37. The van der Waals surface area contributed by atoms with Gasteiger partial charge >= 0.3 is 0 Å². The maximum Gasteiger partial charge on any atom is 0.0830 e. The Morgan fingerprint density at radius 1 is 1.33 bits per heavy atom. The van der Waals surface area contributed by atoms with Gasteiger partial charge in [0.1, 0.15) is 0 Å². The highest BCUT2D eigenvalue weighted by atomic mass is 79.9. The molecule has 3 nitrogen and oxygen atoms in total. The number of aromatic nitrogens is 3. The summed E-state index contributed by atoms with van der Waals surface area (Å²) in [5, 5.41) is 9.08. The first-order valence-electron chi connectivity index (χ1n) is 5.83. The largest absolute Gasteiger partial charge is 0.255 e. The highest BCUT2D eigenvalue weighted by Crippen LogP contribution is 2.18. The van der Waals surface area contributed by atoms with E-state index in [1.54, 1.807) is 4.68 Å². The summed E-state index contributed by atoms with van der Waals surface area (Å²) >= 11 is 7.10. The molecule has 0 spiro atoms. The fraction of sp³-hybridized carbons (Fsp3) is 0.385. The quantitative estimate of drug-likeness (QED) is 0.753. The first-order valence-corrected chi connectivity index (χ1v) is 7.74. The summed E-state index contributed by atoms with van der Waals surface area (Å²) in [5.74, 6) is 0.538. The standard InChI is InChI=1S/C13H15Br2N3/c1-18-9-13(16-17-18)7-11(8-14)5-10-3-2-4-12(15)6-10/h2-4,6,9,11H,5,7-8H2,1H3. The van der Waals surface area contributed by atoms with Gasteiger partial charge in [0.05, 0.1) is 5.69 Å². The Morgan fingerprint density at radius 2 is 2.17 bits per heavy atom. The van der Waals surface area contributed by atoms with Crippen LogP contribution in [0.3, 0.4) is 0 Å². The Hall–Kier alpha value is -0.680. The molecule has 0 saturated carbocycles. The molecule has 2 aromatic rings. The molecule has 0 bridgehead atoms. The van der Waals surface area contributed by atoms with E-state index >= 15 is 0 Å². The lowest BCUT2D eigenvalue weighted by atomic mass is 9.97. The van der Waals surface area contributed by atoms with Gasteiger partial charge in [0.15, 0.2) is 0 Å². The van der Waals surface area contributed by atoms with Gasteiger partial charge in [-0.25, -0.2) is 0 Å². The Bertz CT molecular complexity index is 510. The smallest absolute Gasteiger partial charge is 0.0830 e. The van der Waals surface area contributed by atoms with Crippen LogP contribution in [0.5, 0.6) is 0 Å². The zero-order valence-electron chi connectivity index (χ0n) is 10.2. The minimum atomic E-state index is 0.538. The normalized spacial score (nSPS) is 12.6. The number of hydrogen-bond acceptors (Lipinski definition) is 2. The maximum absolute atomic E-state index is 4.15. The molecule has 96 valence electrons. The van der Waals surface area contributed by atoms with E-state index in [0.717, 1.165) is 28.3 Å². The molecule has 0 aliphatic carbocycles. The van der Waals surface area contributed by atoms with E-state index in [9.17, 15) is 0 Å². The third-order valence-corrected chi connectivity index (χ3v) is 4.19. The highest BCUT2D eigenvalue weighted by molar-refractivity contribution is 9.10. The van der Waals surface area contributed by atoms with Crippen molar-refractivity contribution in [1.29, 1.82) is 0 Å². The summed E-state index contributed by atoms with van der Waals surface area (Å²) in [4.78, 5) is 0. The van der Waals surface area contributed by atoms with Gasteiger partial charge in [-0.15, -0.1) is 5.10 Å². The van der Waals surface area contributed by atoms with Crippen molar-refractivity contribution in [3.63, 3.8) is 0 Å². The van der Waals surface area contributed by atoms with Gasteiger partial charge in [0, 0.05) is 23.0 Å². The average Bonchev–Trinajstić information content (AvgIpc) is 2.74. The van der Waals surface area contributed by atoms with Crippen LogP contribution in [0.1, 0.15) is 11.3 Å². The minimum absolute atomic E-state index is 0.538. The molecule has 5 heteroatoms. The molecule has 0 saturated heterocycles. The van der Waals surface area contributed by atoms with Crippen LogP contribution in [-0.4, -0.2) is 20.3 Å². The number of hydrogen-bond donors (Lipinski definition) is 0. The number of halogens is 2. The molecule has 1 aromatic carbocycles. The fourth-order valence-electron chi connectivity index (χ4n) is 1.96. The molecular formula is C13H15Br2N3. The van der Waals surface area contributed by atoms with Crippen molar-refractivity contribution in [2.24, 2.45) is 13.0 Å². The summed E-state index contributed by atoms with van der Waals surface area (Å²) in [6.45, 7) is 0. The van der Waals surface area contributed by atoms with Crippen molar-refractivity contribution >= 4 is 31.9 Å². The van der Waals surface area contributed by atoms with Crippen molar-refractivity contribution < 1.29 is 0 Å². The second kappa shape index (κ2) is 6.48. The zero-order chi connectivity index (χ0) is 13.0. The van der Waals surface area contributed by atoms with E-state index in [2.05, 4.69) is 66.4 Å². The van der Waals surface area contributed by atoms with Gasteiger partial charge in [-0.2, -0.15) is 0 Å². The predicted molar refractivity (Wildman–Crippen MR) is 79.8 cm³/mol. The molecule has 18 heavy (non-hydrogen) atoms. The van der Waals surface area contributed by atoms with E-state index in [-0.39, 0.29) is 0 Å². The van der Waals surface area contributed by atoms with Crippen LogP contribution in [0.15, 0.2) is 34.9 Å². The number of benzene rings is 1. The monoisotopic (exact) mass is 371 g/mol. The van der Waals surface area contributed by atoms with Crippen LogP contribution in [0.2, 0.25) is 0 Å². The summed E-state index contributed by atoms with van der Waals surface area (Å²) < 4.78 is 2.88. The van der Waals surface area contributed by atoms with Gasteiger partial charge < -0.3 is 0 Å². The lowest BCUT2D eigenvalue weighted by Gasteiger charge is -2.12. The first-order chi connectivity index (χ1) is 8.67. The molecule has 1 atom stereocenters. The maximum atomic E-state index is 4.15. The molecule has 0 aliphatic heterocycles. The molecule has 1 unspecified atom stereocenters. The third-order valence-electron chi connectivity index (χ3n) is 2.78. The van der Waals surface area contributed by atoms with Crippen LogP contribution in [0.4, 0.5) is 0 Å². The van der Waals surface area contributed by atoms with Gasteiger partial charge in [-0.1, -0.05) is 49.2 Å². The Balaban J connectivity index is 2.01. The average molecular weight is 373 g/mol. The Kier molecular flexibility index (Phi) is 4.95.